The Morgan fingerprint density at radius 3 is 2.08 bits per heavy atom. The molecule has 1 N–H and O–H groups in total. The number of carbonyl (C=O) groups is 1. The Kier molecular flexibility index (Phi) is 5.17. The summed E-state index contributed by atoms with van der Waals surface area (Å²) in [6.45, 7) is 0. The standard InChI is InChI=1S/C14H9ClN4O5/c15-11-3-1-9(2-4-11)8-16-17-14(20)10-5-12(18(21)22)7-13(6-10)19(23)24/h1-8H,(H,17,20)/b16-8+. The van der Waals surface area contributed by atoms with Crippen molar-refractivity contribution in [3.63, 3.8) is 0 Å². The highest BCUT2D eigenvalue weighted by atomic mass is 35.5. The molecule has 24 heavy (non-hydrogen) atoms. The highest BCUT2D eigenvalue weighted by Crippen LogP contribution is 2.22. The van der Waals surface area contributed by atoms with Crippen LogP contribution in [0.2, 0.25) is 5.02 Å². The highest BCUT2D eigenvalue weighted by molar-refractivity contribution is 6.30. The Hall–Kier alpha value is -3.33. The van der Waals surface area contributed by atoms with Gasteiger partial charge in [0.15, 0.2) is 0 Å². The molecule has 0 aromatic heterocycles. The number of non-ortho nitro benzene ring substituents is 2. The van der Waals surface area contributed by atoms with Crippen molar-refractivity contribution in [3.05, 3.63) is 78.8 Å². The summed E-state index contributed by atoms with van der Waals surface area (Å²) in [5.74, 6) is -0.813. The van der Waals surface area contributed by atoms with Crippen molar-refractivity contribution in [1.82, 2.24) is 5.43 Å². The van der Waals surface area contributed by atoms with Crippen LogP contribution < -0.4 is 5.43 Å². The van der Waals surface area contributed by atoms with Gasteiger partial charge in [0.1, 0.15) is 0 Å². The van der Waals surface area contributed by atoms with Crippen molar-refractivity contribution >= 4 is 35.1 Å². The van der Waals surface area contributed by atoms with E-state index in [1.807, 2.05) is 0 Å². The van der Waals surface area contributed by atoms with Crippen LogP contribution >= 0.6 is 11.6 Å². The zero-order valence-electron chi connectivity index (χ0n) is 11.9. The first-order valence-electron chi connectivity index (χ1n) is 6.39. The van der Waals surface area contributed by atoms with Crippen LogP contribution in [0.5, 0.6) is 0 Å². The van der Waals surface area contributed by atoms with E-state index in [0.29, 0.717) is 10.6 Å². The van der Waals surface area contributed by atoms with Crippen LogP contribution in [0.3, 0.4) is 0 Å². The number of amides is 1. The maximum absolute atomic E-state index is 11.9. The van der Waals surface area contributed by atoms with E-state index in [4.69, 9.17) is 11.6 Å². The molecule has 0 aliphatic rings. The lowest BCUT2D eigenvalue weighted by Crippen LogP contribution is -2.18. The van der Waals surface area contributed by atoms with Gasteiger partial charge in [-0.15, -0.1) is 0 Å². The molecule has 0 fully saturated rings. The van der Waals surface area contributed by atoms with Gasteiger partial charge in [-0.25, -0.2) is 5.43 Å². The number of hydrogen-bond donors (Lipinski definition) is 1. The lowest BCUT2D eigenvalue weighted by Gasteiger charge is -2.01. The topological polar surface area (TPSA) is 128 Å². The van der Waals surface area contributed by atoms with E-state index < -0.39 is 27.1 Å². The van der Waals surface area contributed by atoms with Crippen LogP contribution in [0.4, 0.5) is 11.4 Å². The third-order valence-electron chi connectivity index (χ3n) is 2.84. The van der Waals surface area contributed by atoms with Crippen molar-refractivity contribution in [3.8, 4) is 0 Å². The molecule has 0 aliphatic heterocycles. The number of nitrogens with one attached hydrogen (secondary N) is 1. The Bertz CT molecular complexity index is 803. The number of halogens is 1. The first-order chi connectivity index (χ1) is 11.4. The number of nitro benzene ring substituents is 2. The van der Waals surface area contributed by atoms with Crippen LogP contribution in [-0.4, -0.2) is 22.0 Å². The van der Waals surface area contributed by atoms with Crippen LogP contribution in [0.25, 0.3) is 0 Å². The molecule has 122 valence electrons. The lowest BCUT2D eigenvalue weighted by atomic mass is 10.1. The normalized spacial score (nSPS) is 10.5. The molecule has 0 heterocycles. The Morgan fingerprint density at radius 2 is 1.58 bits per heavy atom. The van der Waals surface area contributed by atoms with E-state index in [2.05, 4.69) is 10.5 Å². The largest absolute Gasteiger partial charge is 0.277 e. The first-order valence-corrected chi connectivity index (χ1v) is 6.77. The Morgan fingerprint density at radius 1 is 1.04 bits per heavy atom. The molecule has 0 saturated carbocycles. The summed E-state index contributed by atoms with van der Waals surface area (Å²) in [5.41, 5.74) is 1.44. The molecular formula is C14H9ClN4O5. The van der Waals surface area contributed by atoms with Crippen LogP contribution in [0.15, 0.2) is 47.6 Å². The summed E-state index contributed by atoms with van der Waals surface area (Å²) in [6, 6.07) is 9.23. The van der Waals surface area contributed by atoms with Crippen LogP contribution in [0.1, 0.15) is 15.9 Å². The number of carbonyl (C=O) groups excluding carboxylic acids is 1. The molecule has 0 saturated heterocycles. The molecule has 2 aromatic carbocycles. The molecule has 9 nitrogen and oxygen atoms in total. The second kappa shape index (κ2) is 7.29. The molecule has 0 unspecified atom stereocenters. The molecule has 2 rings (SSSR count). The third kappa shape index (κ3) is 4.34. The van der Waals surface area contributed by atoms with Crippen molar-refractivity contribution in [1.29, 1.82) is 0 Å². The third-order valence-corrected chi connectivity index (χ3v) is 3.09. The summed E-state index contributed by atoms with van der Waals surface area (Å²) in [5, 5.41) is 25.8. The molecule has 0 spiro atoms. The van der Waals surface area contributed by atoms with Crippen LogP contribution in [-0.2, 0) is 0 Å². The maximum Gasteiger partial charge on any atom is 0.277 e. The Balaban J connectivity index is 2.18. The van der Waals surface area contributed by atoms with Gasteiger partial charge in [0.2, 0.25) is 0 Å². The zero-order chi connectivity index (χ0) is 17.7. The highest BCUT2D eigenvalue weighted by Gasteiger charge is 2.19. The lowest BCUT2D eigenvalue weighted by molar-refractivity contribution is -0.394. The number of nitro groups is 2. The molecule has 10 heteroatoms. The molecule has 2 aromatic rings. The fourth-order valence-corrected chi connectivity index (χ4v) is 1.84. The zero-order valence-corrected chi connectivity index (χ0v) is 12.6. The fraction of sp³-hybridized carbons (Fsp3) is 0. The van der Waals surface area contributed by atoms with Gasteiger partial charge in [0.25, 0.3) is 17.3 Å². The minimum atomic E-state index is -0.819. The number of hydrazone groups is 1. The van der Waals surface area contributed by atoms with Gasteiger partial charge in [-0.3, -0.25) is 25.0 Å². The minimum absolute atomic E-state index is 0.246. The van der Waals surface area contributed by atoms with Gasteiger partial charge in [0.05, 0.1) is 27.7 Å². The molecule has 0 radical (unpaired) electrons. The van der Waals surface area contributed by atoms with Gasteiger partial charge in [0, 0.05) is 17.2 Å². The average molecular weight is 349 g/mol. The Labute approximate surface area is 139 Å². The van der Waals surface area contributed by atoms with E-state index in [1.165, 1.54) is 6.21 Å². The quantitative estimate of drug-likeness (QED) is 0.504. The van der Waals surface area contributed by atoms with E-state index >= 15 is 0 Å². The SMILES string of the molecule is O=C(N/N=C/c1ccc(Cl)cc1)c1cc([N+](=O)[O-])cc([N+](=O)[O-])c1. The van der Waals surface area contributed by atoms with Gasteiger partial charge in [-0.2, -0.15) is 5.10 Å². The monoisotopic (exact) mass is 348 g/mol. The van der Waals surface area contributed by atoms with E-state index in [-0.39, 0.29) is 5.56 Å². The summed E-state index contributed by atoms with van der Waals surface area (Å²) in [4.78, 5) is 31.9. The minimum Gasteiger partial charge on any atom is -0.267 e. The van der Waals surface area contributed by atoms with Gasteiger partial charge >= 0.3 is 0 Å². The van der Waals surface area contributed by atoms with E-state index in [1.54, 1.807) is 24.3 Å². The molecule has 0 aliphatic carbocycles. The number of benzene rings is 2. The van der Waals surface area contributed by atoms with E-state index in [9.17, 15) is 25.0 Å². The maximum atomic E-state index is 11.9. The number of hydrogen-bond acceptors (Lipinski definition) is 6. The second-order valence-electron chi connectivity index (χ2n) is 4.50. The molecule has 0 bridgehead atoms. The summed E-state index contributed by atoms with van der Waals surface area (Å²) < 4.78 is 0. The number of rotatable bonds is 5. The number of nitrogens with zero attached hydrogens (tertiary/aromatic N) is 3. The molecule has 1 amide bonds. The smallest absolute Gasteiger partial charge is 0.267 e. The predicted molar refractivity (Wildman–Crippen MR) is 86.3 cm³/mol. The molecular weight excluding hydrogens is 340 g/mol. The summed E-state index contributed by atoms with van der Waals surface area (Å²) >= 11 is 5.73. The van der Waals surface area contributed by atoms with Crippen LogP contribution in [0, 0.1) is 20.2 Å². The second-order valence-corrected chi connectivity index (χ2v) is 4.94. The van der Waals surface area contributed by atoms with Crippen molar-refractivity contribution in [2.75, 3.05) is 0 Å². The fourth-order valence-electron chi connectivity index (χ4n) is 1.72. The predicted octanol–water partition coefficient (Wildman–Crippen LogP) is 2.92. The average Bonchev–Trinajstić information content (AvgIpc) is 2.56. The van der Waals surface area contributed by atoms with Gasteiger partial charge in [-0.1, -0.05) is 23.7 Å². The molecule has 0 atom stereocenters. The van der Waals surface area contributed by atoms with Crippen molar-refractivity contribution in [2.24, 2.45) is 5.10 Å². The van der Waals surface area contributed by atoms with E-state index in [0.717, 1.165) is 18.2 Å². The van der Waals surface area contributed by atoms with Gasteiger partial charge < -0.3 is 0 Å². The summed E-state index contributed by atoms with van der Waals surface area (Å²) in [7, 11) is 0. The van der Waals surface area contributed by atoms with Crippen molar-refractivity contribution < 1.29 is 14.6 Å². The van der Waals surface area contributed by atoms with Crippen molar-refractivity contribution in [2.45, 2.75) is 0 Å². The first kappa shape index (κ1) is 17.0. The van der Waals surface area contributed by atoms with Gasteiger partial charge in [-0.05, 0) is 17.7 Å². The summed E-state index contributed by atoms with van der Waals surface area (Å²) in [6.07, 6.45) is 1.33.